The molecule has 0 bridgehead atoms. The number of unbranched alkanes of at least 4 members (excludes halogenated alkanes) is 1. The standard InChI is InChI=1S/C12H24N4O2/c1-3-4-5-14-12(18)15-11(17)9-16-7-6-13-8-10(16)2/h10,13H,3-9H2,1-2H3,(H2,14,15,17,18)/t10-/m0/s1. The lowest BCUT2D eigenvalue weighted by atomic mass is 10.2. The summed E-state index contributed by atoms with van der Waals surface area (Å²) in [6.07, 6.45) is 1.95. The maximum Gasteiger partial charge on any atom is 0.321 e. The van der Waals surface area contributed by atoms with Gasteiger partial charge in [-0.15, -0.1) is 0 Å². The van der Waals surface area contributed by atoms with Crippen molar-refractivity contribution in [2.45, 2.75) is 32.7 Å². The molecule has 1 aliphatic heterocycles. The van der Waals surface area contributed by atoms with Gasteiger partial charge >= 0.3 is 6.03 Å². The van der Waals surface area contributed by atoms with Crippen molar-refractivity contribution >= 4 is 11.9 Å². The average molecular weight is 256 g/mol. The first-order valence-electron chi connectivity index (χ1n) is 6.66. The molecule has 18 heavy (non-hydrogen) atoms. The van der Waals surface area contributed by atoms with Crippen molar-refractivity contribution < 1.29 is 9.59 Å². The molecule has 0 aliphatic carbocycles. The van der Waals surface area contributed by atoms with E-state index in [1.807, 2.05) is 0 Å². The zero-order chi connectivity index (χ0) is 13.4. The van der Waals surface area contributed by atoms with Gasteiger partial charge in [0.05, 0.1) is 6.54 Å². The van der Waals surface area contributed by atoms with Crippen LogP contribution in [0.1, 0.15) is 26.7 Å². The minimum atomic E-state index is -0.392. The smallest absolute Gasteiger partial charge is 0.321 e. The highest BCUT2D eigenvalue weighted by Gasteiger charge is 2.20. The van der Waals surface area contributed by atoms with Crippen LogP contribution in [0.2, 0.25) is 0 Å². The van der Waals surface area contributed by atoms with Crippen molar-refractivity contribution in [2.75, 3.05) is 32.7 Å². The molecule has 0 spiro atoms. The fourth-order valence-electron chi connectivity index (χ4n) is 1.89. The Hall–Kier alpha value is -1.14. The van der Waals surface area contributed by atoms with Gasteiger partial charge in [-0.05, 0) is 13.3 Å². The molecule has 1 atom stereocenters. The summed E-state index contributed by atoms with van der Waals surface area (Å²) in [4.78, 5) is 25.1. The minimum Gasteiger partial charge on any atom is -0.338 e. The van der Waals surface area contributed by atoms with Crippen molar-refractivity contribution in [2.24, 2.45) is 0 Å². The third-order valence-corrected chi connectivity index (χ3v) is 3.05. The summed E-state index contributed by atoms with van der Waals surface area (Å²) in [5, 5.41) is 8.28. The van der Waals surface area contributed by atoms with Crippen LogP contribution in [0.25, 0.3) is 0 Å². The first kappa shape index (κ1) is 14.9. The molecule has 104 valence electrons. The lowest BCUT2D eigenvalue weighted by Crippen LogP contribution is -2.53. The third-order valence-electron chi connectivity index (χ3n) is 3.05. The van der Waals surface area contributed by atoms with Gasteiger partial charge in [0, 0.05) is 32.2 Å². The summed E-state index contributed by atoms with van der Waals surface area (Å²) in [5.41, 5.74) is 0. The number of nitrogens with zero attached hydrogens (tertiary/aromatic N) is 1. The third kappa shape index (κ3) is 5.46. The molecule has 1 rings (SSSR count). The second kappa shape index (κ2) is 8.05. The van der Waals surface area contributed by atoms with Crippen LogP contribution in [0.15, 0.2) is 0 Å². The highest BCUT2D eigenvalue weighted by molar-refractivity contribution is 5.95. The van der Waals surface area contributed by atoms with Crippen LogP contribution in [0.4, 0.5) is 4.79 Å². The zero-order valence-electron chi connectivity index (χ0n) is 11.3. The number of rotatable bonds is 5. The second-order valence-electron chi connectivity index (χ2n) is 4.68. The molecular weight excluding hydrogens is 232 g/mol. The minimum absolute atomic E-state index is 0.238. The number of amides is 3. The lowest BCUT2D eigenvalue weighted by molar-refractivity contribution is -0.121. The number of hydrogen-bond donors (Lipinski definition) is 3. The predicted molar refractivity (Wildman–Crippen MR) is 70.4 cm³/mol. The molecule has 0 unspecified atom stereocenters. The molecule has 1 fully saturated rings. The van der Waals surface area contributed by atoms with Crippen LogP contribution in [0.5, 0.6) is 0 Å². The Balaban J connectivity index is 2.21. The number of carbonyl (C=O) groups is 2. The second-order valence-corrected chi connectivity index (χ2v) is 4.68. The Kier molecular flexibility index (Phi) is 6.67. The van der Waals surface area contributed by atoms with E-state index in [1.54, 1.807) is 0 Å². The van der Waals surface area contributed by atoms with E-state index in [9.17, 15) is 9.59 Å². The van der Waals surface area contributed by atoms with Crippen molar-refractivity contribution in [1.29, 1.82) is 0 Å². The van der Waals surface area contributed by atoms with E-state index in [0.29, 0.717) is 12.6 Å². The van der Waals surface area contributed by atoms with E-state index in [-0.39, 0.29) is 12.5 Å². The van der Waals surface area contributed by atoms with Gasteiger partial charge in [-0.2, -0.15) is 0 Å². The Bertz CT molecular complexity index is 283. The topological polar surface area (TPSA) is 73.5 Å². The number of nitrogens with one attached hydrogen (secondary N) is 3. The summed E-state index contributed by atoms with van der Waals surface area (Å²) in [6, 6.07) is -0.0658. The summed E-state index contributed by atoms with van der Waals surface area (Å²) in [7, 11) is 0. The predicted octanol–water partition coefficient (Wildman–Crippen LogP) is -0.0940. The van der Waals surface area contributed by atoms with Gasteiger partial charge in [-0.1, -0.05) is 13.3 Å². The van der Waals surface area contributed by atoms with Crippen molar-refractivity contribution in [3.63, 3.8) is 0 Å². The van der Waals surface area contributed by atoms with Crippen LogP contribution < -0.4 is 16.0 Å². The molecule has 6 nitrogen and oxygen atoms in total. The fraction of sp³-hybridized carbons (Fsp3) is 0.833. The molecule has 3 amide bonds. The van der Waals surface area contributed by atoms with Crippen molar-refractivity contribution in [3.05, 3.63) is 0 Å². The summed E-state index contributed by atoms with van der Waals surface area (Å²) in [5.74, 6) is -0.238. The molecular formula is C12H24N4O2. The summed E-state index contributed by atoms with van der Waals surface area (Å²) < 4.78 is 0. The quantitative estimate of drug-likeness (QED) is 0.601. The van der Waals surface area contributed by atoms with E-state index in [4.69, 9.17) is 0 Å². The number of carbonyl (C=O) groups excluding carboxylic acids is 2. The summed E-state index contributed by atoms with van der Waals surface area (Å²) >= 11 is 0. The Labute approximate surface area is 108 Å². The summed E-state index contributed by atoms with van der Waals surface area (Å²) in [6.45, 7) is 7.63. The van der Waals surface area contributed by atoms with Crippen LogP contribution in [0, 0.1) is 0 Å². The van der Waals surface area contributed by atoms with E-state index >= 15 is 0 Å². The van der Waals surface area contributed by atoms with E-state index in [2.05, 4.69) is 34.7 Å². The van der Waals surface area contributed by atoms with Gasteiger partial charge in [0.1, 0.15) is 0 Å². The van der Waals surface area contributed by atoms with Gasteiger partial charge in [-0.25, -0.2) is 4.79 Å². The molecule has 0 aromatic heterocycles. The molecule has 3 N–H and O–H groups in total. The van der Waals surface area contributed by atoms with Crippen molar-refractivity contribution in [3.8, 4) is 0 Å². The van der Waals surface area contributed by atoms with Crippen LogP contribution >= 0.6 is 0 Å². The number of urea groups is 1. The first-order valence-corrected chi connectivity index (χ1v) is 6.66. The maximum absolute atomic E-state index is 11.7. The largest absolute Gasteiger partial charge is 0.338 e. The van der Waals surface area contributed by atoms with E-state index in [0.717, 1.165) is 32.5 Å². The molecule has 0 aromatic carbocycles. The first-order chi connectivity index (χ1) is 8.63. The number of piperazine rings is 1. The van der Waals surface area contributed by atoms with E-state index < -0.39 is 6.03 Å². The molecule has 1 heterocycles. The Morgan fingerprint density at radius 2 is 2.22 bits per heavy atom. The normalized spacial score (nSPS) is 20.4. The van der Waals surface area contributed by atoms with Crippen LogP contribution in [-0.4, -0.2) is 55.6 Å². The van der Waals surface area contributed by atoms with E-state index in [1.165, 1.54) is 0 Å². The SMILES string of the molecule is CCCCNC(=O)NC(=O)CN1CCNC[C@@H]1C. The molecule has 0 radical (unpaired) electrons. The Morgan fingerprint density at radius 1 is 1.44 bits per heavy atom. The van der Waals surface area contributed by atoms with Crippen LogP contribution in [-0.2, 0) is 4.79 Å². The number of imide groups is 1. The Morgan fingerprint density at radius 3 is 2.89 bits per heavy atom. The van der Waals surface area contributed by atoms with Gasteiger partial charge in [0.2, 0.25) is 5.91 Å². The van der Waals surface area contributed by atoms with Gasteiger partial charge < -0.3 is 10.6 Å². The number of hydrogen-bond acceptors (Lipinski definition) is 4. The highest BCUT2D eigenvalue weighted by Crippen LogP contribution is 2.00. The zero-order valence-corrected chi connectivity index (χ0v) is 11.3. The van der Waals surface area contributed by atoms with Gasteiger partial charge in [-0.3, -0.25) is 15.0 Å². The van der Waals surface area contributed by atoms with Crippen molar-refractivity contribution in [1.82, 2.24) is 20.9 Å². The molecule has 1 saturated heterocycles. The molecule has 6 heteroatoms. The lowest BCUT2D eigenvalue weighted by Gasteiger charge is -2.33. The monoisotopic (exact) mass is 256 g/mol. The average Bonchev–Trinajstić information content (AvgIpc) is 2.32. The van der Waals surface area contributed by atoms with Gasteiger partial charge in [0.25, 0.3) is 0 Å². The molecule has 0 aromatic rings. The van der Waals surface area contributed by atoms with Gasteiger partial charge in [0.15, 0.2) is 0 Å². The molecule has 0 saturated carbocycles. The highest BCUT2D eigenvalue weighted by atomic mass is 16.2. The fourth-order valence-corrected chi connectivity index (χ4v) is 1.89. The maximum atomic E-state index is 11.7. The van der Waals surface area contributed by atoms with Crippen LogP contribution in [0.3, 0.4) is 0 Å². The molecule has 1 aliphatic rings.